The molecular formula is C18H19ClN2. The average Bonchev–Trinajstić information content (AvgIpc) is 2.82. The second-order valence-corrected chi connectivity index (χ2v) is 5.97. The summed E-state index contributed by atoms with van der Waals surface area (Å²) in [6, 6.07) is 16.7. The topological polar surface area (TPSA) is 27.8 Å². The van der Waals surface area contributed by atoms with Crippen molar-refractivity contribution in [2.24, 2.45) is 0 Å². The molecule has 0 fully saturated rings. The molecule has 0 saturated heterocycles. The Morgan fingerprint density at radius 1 is 1.05 bits per heavy atom. The molecule has 0 aliphatic heterocycles. The standard InChI is InChI=1S/C18H19ClN2/c1-12(2)13-7-9-14(10-8-13)20-11-17-18(19)15-5-3-4-6-16(15)21-17/h3-10,12,20-21H,11H2,1-2H3. The van der Waals surface area contributed by atoms with E-state index >= 15 is 0 Å². The summed E-state index contributed by atoms with van der Waals surface area (Å²) in [6.45, 7) is 5.09. The fourth-order valence-corrected chi connectivity index (χ4v) is 2.74. The lowest BCUT2D eigenvalue weighted by Crippen LogP contribution is -2.00. The Morgan fingerprint density at radius 2 is 1.76 bits per heavy atom. The van der Waals surface area contributed by atoms with E-state index in [1.165, 1.54) is 5.56 Å². The number of aromatic amines is 1. The molecule has 21 heavy (non-hydrogen) atoms. The molecule has 0 aliphatic rings. The number of nitrogens with one attached hydrogen (secondary N) is 2. The van der Waals surface area contributed by atoms with E-state index in [1.807, 2.05) is 24.3 Å². The van der Waals surface area contributed by atoms with Crippen LogP contribution in [0.3, 0.4) is 0 Å². The zero-order chi connectivity index (χ0) is 14.8. The van der Waals surface area contributed by atoms with Gasteiger partial charge in [-0.15, -0.1) is 0 Å². The number of H-pyrrole nitrogens is 1. The number of fused-ring (bicyclic) bond motifs is 1. The van der Waals surface area contributed by atoms with Crippen molar-refractivity contribution in [3.05, 3.63) is 64.8 Å². The van der Waals surface area contributed by atoms with Crippen molar-refractivity contribution in [1.82, 2.24) is 4.98 Å². The van der Waals surface area contributed by atoms with Crippen LogP contribution in [-0.4, -0.2) is 4.98 Å². The van der Waals surface area contributed by atoms with Crippen LogP contribution in [0.1, 0.15) is 31.0 Å². The monoisotopic (exact) mass is 298 g/mol. The number of para-hydroxylation sites is 1. The van der Waals surface area contributed by atoms with Gasteiger partial charge in [-0.2, -0.15) is 0 Å². The molecule has 0 amide bonds. The minimum absolute atomic E-state index is 0.558. The number of aromatic nitrogens is 1. The Hall–Kier alpha value is -1.93. The minimum Gasteiger partial charge on any atom is -0.379 e. The SMILES string of the molecule is CC(C)c1ccc(NCc2[nH]c3ccccc3c2Cl)cc1. The van der Waals surface area contributed by atoms with E-state index in [0.29, 0.717) is 12.5 Å². The highest BCUT2D eigenvalue weighted by Gasteiger charge is 2.08. The number of hydrogen-bond acceptors (Lipinski definition) is 1. The number of rotatable bonds is 4. The molecule has 0 bridgehead atoms. The van der Waals surface area contributed by atoms with E-state index < -0.39 is 0 Å². The highest BCUT2D eigenvalue weighted by atomic mass is 35.5. The molecular weight excluding hydrogens is 280 g/mol. The van der Waals surface area contributed by atoms with Gasteiger partial charge in [0.1, 0.15) is 0 Å². The Labute approximate surface area is 130 Å². The predicted octanol–water partition coefficient (Wildman–Crippen LogP) is 5.56. The van der Waals surface area contributed by atoms with Gasteiger partial charge in [-0.1, -0.05) is 55.8 Å². The summed E-state index contributed by atoms with van der Waals surface area (Å²) in [5.74, 6) is 0.558. The van der Waals surface area contributed by atoms with Crippen LogP contribution in [0, 0.1) is 0 Å². The summed E-state index contributed by atoms with van der Waals surface area (Å²) >= 11 is 6.42. The van der Waals surface area contributed by atoms with Crippen LogP contribution >= 0.6 is 11.6 Å². The van der Waals surface area contributed by atoms with Gasteiger partial charge in [0, 0.05) is 16.6 Å². The lowest BCUT2D eigenvalue weighted by Gasteiger charge is -2.09. The lowest BCUT2D eigenvalue weighted by molar-refractivity contribution is 0.866. The zero-order valence-corrected chi connectivity index (χ0v) is 13.0. The fourth-order valence-electron chi connectivity index (χ4n) is 2.46. The third kappa shape index (κ3) is 2.91. The van der Waals surface area contributed by atoms with Crippen molar-refractivity contribution >= 4 is 28.2 Å². The number of benzene rings is 2. The summed E-state index contributed by atoms with van der Waals surface area (Å²) in [4.78, 5) is 3.37. The van der Waals surface area contributed by atoms with Crippen LogP contribution in [0.5, 0.6) is 0 Å². The molecule has 3 heteroatoms. The van der Waals surface area contributed by atoms with Gasteiger partial charge in [0.2, 0.25) is 0 Å². The van der Waals surface area contributed by atoms with E-state index in [2.05, 4.69) is 48.4 Å². The molecule has 0 aliphatic carbocycles. The summed E-state index contributed by atoms with van der Waals surface area (Å²) in [5.41, 5.74) is 4.55. The summed E-state index contributed by atoms with van der Waals surface area (Å²) in [5, 5.41) is 5.29. The van der Waals surface area contributed by atoms with Crippen LogP contribution < -0.4 is 5.32 Å². The summed E-state index contributed by atoms with van der Waals surface area (Å²) in [6.07, 6.45) is 0. The van der Waals surface area contributed by atoms with Crippen LogP contribution in [0.2, 0.25) is 5.02 Å². The lowest BCUT2D eigenvalue weighted by atomic mass is 10.0. The first-order chi connectivity index (χ1) is 10.1. The first kappa shape index (κ1) is 14.0. The Bertz CT molecular complexity index is 742. The van der Waals surface area contributed by atoms with Crippen LogP contribution in [0.15, 0.2) is 48.5 Å². The second-order valence-electron chi connectivity index (χ2n) is 5.59. The molecule has 108 valence electrons. The molecule has 0 atom stereocenters. The number of anilines is 1. The highest BCUT2D eigenvalue weighted by molar-refractivity contribution is 6.36. The summed E-state index contributed by atoms with van der Waals surface area (Å²) in [7, 11) is 0. The third-order valence-corrected chi connectivity index (χ3v) is 4.19. The van der Waals surface area contributed by atoms with E-state index in [0.717, 1.165) is 27.3 Å². The predicted molar refractivity (Wildman–Crippen MR) is 91.2 cm³/mol. The first-order valence-electron chi connectivity index (χ1n) is 7.24. The maximum atomic E-state index is 6.42. The maximum absolute atomic E-state index is 6.42. The third-order valence-electron chi connectivity index (χ3n) is 3.76. The second kappa shape index (κ2) is 5.82. The van der Waals surface area contributed by atoms with Crippen molar-refractivity contribution in [2.75, 3.05) is 5.32 Å². The molecule has 2 nitrogen and oxygen atoms in total. The maximum Gasteiger partial charge on any atom is 0.0710 e. The normalized spacial score (nSPS) is 11.2. The van der Waals surface area contributed by atoms with Gasteiger partial charge in [0.05, 0.1) is 17.3 Å². The van der Waals surface area contributed by atoms with E-state index in [1.54, 1.807) is 0 Å². The van der Waals surface area contributed by atoms with Gasteiger partial charge >= 0.3 is 0 Å². The molecule has 3 aromatic rings. The van der Waals surface area contributed by atoms with E-state index in [9.17, 15) is 0 Å². The fraction of sp³-hybridized carbons (Fsp3) is 0.222. The summed E-state index contributed by atoms with van der Waals surface area (Å²) < 4.78 is 0. The van der Waals surface area contributed by atoms with Crippen molar-refractivity contribution in [2.45, 2.75) is 26.3 Å². The quantitative estimate of drug-likeness (QED) is 0.648. The molecule has 2 aromatic carbocycles. The van der Waals surface area contributed by atoms with Crippen LogP contribution in [-0.2, 0) is 6.54 Å². The Balaban J connectivity index is 1.75. The van der Waals surface area contributed by atoms with Gasteiger partial charge in [-0.05, 0) is 29.7 Å². The van der Waals surface area contributed by atoms with E-state index in [-0.39, 0.29) is 0 Å². The van der Waals surface area contributed by atoms with Gasteiger partial charge < -0.3 is 10.3 Å². The molecule has 0 radical (unpaired) electrons. The van der Waals surface area contributed by atoms with Crippen molar-refractivity contribution in [3.63, 3.8) is 0 Å². The Morgan fingerprint density at radius 3 is 2.43 bits per heavy atom. The largest absolute Gasteiger partial charge is 0.379 e. The van der Waals surface area contributed by atoms with Crippen molar-refractivity contribution in [3.8, 4) is 0 Å². The molecule has 1 heterocycles. The first-order valence-corrected chi connectivity index (χ1v) is 7.62. The molecule has 0 saturated carbocycles. The van der Waals surface area contributed by atoms with Gasteiger partial charge in [-0.25, -0.2) is 0 Å². The number of halogens is 1. The van der Waals surface area contributed by atoms with Gasteiger partial charge in [0.15, 0.2) is 0 Å². The molecule has 3 rings (SSSR count). The van der Waals surface area contributed by atoms with Crippen LogP contribution in [0.25, 0.3) is 10.9 Å². The smallest absolute Gasteiger partial charge is 0.0710 e. The van der Waals surface area contributed by atoms with Crippen molar-refractivity contribution < 1.29 is 0 Å². The van der Waals surface area contributed by atoms with Crippen LogP contribution in [0.4, 0.5) is 5.69 Å². The van der Waals surface area contributed by atoms with E-state index in [4.69, 9.17) is 11.6 Å². The molecule has 0 spiro atoms. The highest BCUT2D eigenvalue weighted by Crippen LogP contribution is 2.27. The zero-order valence-electron chi connectivity index (χ0n) is 12.3. The minimum atomic E-state index is 0.558. The Kier molecular flexibility index (Phi) is 3.89. The molecule has 0 unspecified atom stereocenters. The molecule has 2 N–H and O–H groups in total. The van der Waals surface area contributed by atoms with Crippen molar-refractivity contribution in [1.29, 1.82) is 0 Å². The van der Waals surface area contributed by atoms with Gasteiger partial charge in [-0.3, -0.25) is 0 Å². The average molecular weight is 299 g/mol. The number of hydrogen-bond donors (Lipinski definition) is 2. The molecule has 1 aromatic heterocycles. The van der Waals surface area contributed by atoms with Gasteiger partial charge in [0.25, 0.3) is 0 Å².